The van der Waals surface area contributed by atoms with Crippen LogP contribution >= 0.6 is 15.1 Å². The van der Waals surface area contributed by atoms with Gasteiger partial charge in [0, 0.05) is 14.2 Å². The summed E-state index contributed by atoms with van der Waals surface area (Å²) in [6.07, 6.45) is -1.10. The molecule has 0 bridgehead atoms. The second kappa shape index (κ2) is 18.9. The molecule has 4 unspecified atom stereocenters. The summed E-state index contributed by atoms with van der Waals surface area (Å²) in [6.45, 7) is 5.96. The molecule has 0 aliphatic carbocycles. The van der Waals surface area contributed by atoms with Crippen molar-refractivity contribution in [3.05, 3.63) is 60.7 Å². The van der Waals surface area contributed by atoms with Crippen LogP contribution in [0.2, 0.25) is 0 Å². The lowest BCUT2D eigenvalue weighted by atomic mass is 10.3. The zero-order valence-corrected chi connectivity index (χ0v) is 23.2. The maximum Gasteiger partial charge on any atom is 0.405 e. The SMILES string of the molecule is C.C.COCP(=O)(NC(C)C(C)=O)Oc1ccccc1.COCP(=O)(Oc1ccccc1)OC(C)C(C)=O. The van der Waals surface area contributed by atoms with Crippen molar-refractivity contribution < 1.29 is 41.8 Å². The topological polar surface area (TPSA) is 126 Å². The minimum absolute atomic E-state index is 0. The van der Waals surface area contributed by atoms with E-state index in [1.807, 2.05) is 12.1 Å². The van der Waals surface area contributed by atoms with Gasteiger partial charge in [-0.2, -0.15) is 0 Å². The van der Waals surface area contributed by atoms with Crippen LogP contribution < -0.4 is 14.1 Å². The lowest BCUT2D eigenvalue weighted by Crippen LogP contribution is -2.32. The van der Waals surface area contributed by atoms with Gasteiger partial charge in [0.25, 0.3) is 0 Å². The lowest BCUT2D eigenvalue weighted by Gasteiger charge is -2.22. The number of methoxy groups -OCH3 is 2. The number of carbonyl (C=O) groups is 2. The lowest BCUT2D eigenvalue weighted by molar-refractivity contribution is -0.123. The van der Waals surface area contributed by atoms with Gasteiger partial charge in [-0.15, -0.1) is 0 Å². The molecule has 0 spiro atoms. The molecule has 2 aromatic rings. The van der Waals surface area contributed by atoms with Crippen molar-refractivity contribution in [2.75, 3.05) is 26.9 Å². The van der Waals surface area contributed by atoms with Gasteiger partial charge in [-0.3, -0.25) is 18.7 Å². The second-order valence-corrected chi connectivity index (χ2v) is 11.7. The third-order valence-electron chi connectivity index (χ3n) is 4.46. The molecule has 2 aromatic carbocycles. The van der Waals surface area contributed by atoms with Gasteiger partial charge in [0.1, 0.15) is 29.7 Å². The molecule has 0 amide bonds. The first-order valence-electron chi connectivity index (χ1n) is 11.1. The van der Waals surface area contributed by atoms with Crippen molar-refractivity contribution in [3.63, 3.8) is 0 Å². The smallest absolute Gasteiger partial charge is 0.405 e. The highest BCUT2D eigenvalue weighted by Gasteiger charge is 2.31. The van der Waals surface area contributed by atoms with E-state index in [-0.39, 0.29) is 39.1 Å². The third kappa shape index (κ3) is 14.6. The number of hydrogen-bond acceptors (Lipinski definition) is 9. The van der Waals surface area contributed by atoms with E-state index in [0.717, 1.165) is 0 Å². The van der Waals surface area contributed by atoms with E-state index in [4.69, 9.17) is 23.0 Å². The Labute approximate surface area is 227 Å². The van der Waals surface area contributed by atoms with E-state index in [9.17, 15) is 18.7 Å². The molecule has 0 radical (unpaired) electrons. The highest BCUT2D eigenvalue weighted by Crippen LogP contribution is 2.49. The Balaban J connectivity index is 0. The Morgan fingerprint density at radius 3 is 1.61 bits per heavy atom. The fourth-order valence-electron chi connectivity index (χ4n) is 2.49. The fraction of sp³-hybridized carbons (Fsp3) is 0.462. The zero-order chi connectivity index (χ0) is 27.2. The van der Waals surface area contributed by atoms with Gasteiger partial charge < -0.3 is 18.5 Å². The summed E-state index contributed by atoms with van der Waals surface area (Å²) in [5.41, 5.74) is 0. The normalized spacial score (nSPS) is 14.9. The highest BCUT2D eigenvalue weighted by atomic mass is 31.2. The first-order valence-corrected chi connectivity index (χ1v) is 14.6. The molecule has 0 fully saturated rings. The quantitative estimate of drug-likeness (QED) is 0.248. The fourth-order valence-corrected chi connectivity index (χ4v) is 5.79. The molecule has 10 nitrogen and oxygen atoms in total. The summed E-state index contributed by atoms with van der Waals surface area (Å²) < 4.78 is 50.5. The van der Waals surface area contributed by atoms with Crippen molar-refractivity contribution in [1.82, 2.24) is 5.09 Å². The van der Waals surface area contributed by atoms with Gasteiger partial charge >= 0.3 is 15.1 Å². The molecule has 12 heteroatoms. The van der Waals surface area contributed by atoms with Crippen LogP contribution in [0.25, 0.3) is 0 Å². The number of hydrogen-bond donors (Lipinski definition) is 1. The minimum atomic E-state index is -3.49. The van der Waals surface area contributed by atoms with Crippen LogP contribution in [0.3, 0.4) is 0 Å². The molecule has 0 aliphatic heterocycles. The predicted molar refractivity (Wildman–Crippen MR) is 151 cm³/mol. The first-order chi connectivity index (χ1) is 16.9. The summed E-state index contributed by atoms with van der Waals surface area (Å²) >= 11 is 0. The van der Waals surface area contributed by atoms with Crippen LogP contribution in [0, 0.1) is 0 Å². The Bertz CT molecular complexity index is 952. The number of benzene rings is 2. The van der Waals surface area contributed by atoms with E-state index < -0.39 is 27.3 Å². The summed E-state index contributed by atoms with van der Waals surface area (Å²) in [6, 6.07) is 16.9. The van der Waals surface area contributed by atoms with Crippen molar-refractivity contribution >= 4 is 26.7 Å². The summed E-state index contributed by atoms with van der Waals surface area (Å²) in [4.78, 5) is 22.3. The van der Waals surface area contributed by atoms with Crippen LogP contribution in [0.15, 0.2) is 60.7 Å². The van der Waals surface area contributed by atoms with Crippen molar-refractivity contribution in [3.8, 4) is 11.5 Å². The number of rotatable bonds is 14. The average Bonchev–Trinajstić information content (AvgIpc) is 2.80. The second-order valence-electron chi connectivity index (χ2n) is 7.75. The number of ketones is 2. The molecule has 0 aromatic heterocycles. The van der Waals surface area contributed by atoms with Crippen LogP contribution in [-0.2, 0) is 32.7 Å². The van der Waals surface area contributed by atoms with Crippen LogP contribution in [0.5, 0.6) is 11.5 Å². The summed E-state index contributed by atoms with van der Waals surface area (Å²) in [5, 5.41) is 2.70. The van der Waals surface area contributed by atoms with Crippen molar-refractivity contribution in [2.24, 2.45) is 0 Å². The molecule has 4 atom stereocenters. The van der Waals surface area contributed by atoms with Crippen molar-refractivity contribution in [2.45, 2.75) is 54.7 Å². The van der Waals surface area contributed by atoms with Crippen LogP contribution in [0.4, 0.5) is 0 Å². The number of para-hydroxylation sites is 2. The van der Waals surface area contributed by atoms with Gasteiger partial charge in [-0.05, 0) is 52.0 Å². The largest absolute Gasteiger partial charge is 0.431 e. The highest BCUT2D eigenvalue weighted by molar-refractivity contribution is 7.57. The average molecular weight is 576 g/mol. The zero-order valence-electron chi connectivity index (χ0n) is 21.4. The summed E-state index contributed by atoms with van der Waals surface area (Å²) in [5.74, 6) is 0.556. The van der Waals surface area contributed by atoms with Gasteiger partial charge in [0.15, 0.2) is 12.1 Å². The van der Waals surface area contributed by atoms with E-state index >= 15 is 0 Å². The minimum Gasteiger partial charge on any atom is -0.431 e. The maximum absolute atomic E-state index is 12.5. The van der Waals surface area contributed by atoms with Crippen molar-refractivity contribution in [1.29, 1.82) is 0 Å². The van der Waals surface area contributed by atoms with Gasteiger partial charge in [-0.1, -0.05) is 51.3 Å². The Kier molecular flexibility index (Phi) is 18.8. The number of Topliss-reactive ketones (excluding diaryl/α,β-unsaturated/α-hetero) is 2. The summed E-state index contributed by atoms with van der Waals surface area (Å²) in [7, 11) is -3.92. The molecule has 0 aliphatic rings. The van der Waals surface area contributed by atoms with Gasteiger partial charge in [-0.25, -0.2) is 9.65 Å². The number of carbonyl (C=O) groups excluding carboxylic acids is 2. The molecule has 38 heavy (non-hydrogen) atoms. The molecular weight excluding hydrogens is 532 g/mol. The van der Waals surface area contributed by atoms with Crippen LogP contribution in [-0.4, -0.2) is 50.6 Å². The van der Waals surface area contributed by atoms with Crippen LogP contribution in [0.1, 0.15) is 42.5 Å². The molecule has 0 saturated heterocycles. The monoisotopic (exact) mass is 575 g/mol. The van der Waals surface area contributed by atoms with E-state index in [1.54, 1.807) is 55.5 Å². The van der Waals surface area contributed by atoms with Gasteiger partial charge in [0.05, 0.1) is 6.04 Å². The maximum atomic E-state index is 12.5. The van der Waals surface area contributed by atoms with E-state index in [1.165, 1.54) is 35.0 Å². The Morgan fingerprint density at radius 1 is 0.763 bits per heavy atom. The predicted octanol–water partition coefficient (Wildman–Crippen LogP) is 6.56. The van der Waals surface area contributed by atoms with E-state index in [0.29, 0.717) is 11.5 Å². The Morgan fingerprint density at radius 2 is 1.21 bits per heavy atom. The molecule has 2 rings (SSSR count). The molecule has 216 valence electrons. The van der Waals surface area contributed by atoms with E-state index in [2.05, 4.69) is 5.09 Å². The van der Waals surface area contributed by atoms with Gasteiger partial charge in [0.2, 0.25) is 0 Å². The third-order valence-corrected chi connectivity index (χ3v) is 8.05. The molecule has 1 N–H and O–H groups in total. The molecule has 0 saturated carbocycles. The number of ether oxygens (including phenoxy) is 2. The Hall–Kier alpha value is -2.32. The molecule has 0 heterocycles. The standard InChI is InChI=1S/C12H18NO4P.C12H17O5P.2CH4/c1-10(11(2)14)13-18(15,9-16-3)17-12-7-5-4-6-8-12;1-10(13)11(2)16-18(14,9-15-3)17-12-7-5-4-6-8-12;;/h4-8,10H,9H2,1-3H3,(H,13,15);4-8,11H,9H2,1-3H3;2*1H4. The first kappa shape index (κ1) is 37.8. The molecular formula is C26H43NO9P2. The number of nitrogens with one attached hydrogen (secondary N) is 1.